The standard InChI is InChI=1S/C17H24FN3O2/c1-2-19-15(22)11-20-17(23)21-16(12-7-3-4-8-12)13-9-5-6-10-14(13)18/h5-6,9-10,12,16H,2-4,7-8,11H2,1H3,(H,19,22)(H2,20,21,23)/t16-/m1/s1. The largest absolute Gasteiger partial charge is 0.355 e. The van der Waals surface area contributed by atoms with Gasteiger partial charge in [0.2, 0.25) is 5.91 Å². The number of carbonyl (C=O) groups excluding carboxylic acids is 2. The van der Waals surface area contributed by atoms with Gasteiger partial charge >= 0.3 is 6.03 Å². The smallest absolute Gasteiger partial charge is 0.315 e. The van der Waals surface area contributed by atoms with Gasteiger partial charge in [-0.3, -0.25) is 4.79 Å². The van der Waals surface area contributed by atoms with Gasteiger partial charge in [-0.25, -0.2) is 9.18 Å². The summed E-state index contributed by atoms with van der Waals surface area (Å²) in [4.78, 5) is 23.5. The second-order valence-electron chi connectivity index (χ2n) is 5.82. The highest BCUT2D eigenvalue weighted by Gasteiger charge is 2.29. The lowest BCUT2D eigenvalue weighted by molar-refractivity contribution is -0.119. The first-order chi connectivity index (χ1) is 11.1. The van der Waals surface area contributed by atoms with Crippen LogP contribution in [0, 0.1) is 11.7 Å². The molecule has 1 atom stereocenters. The van der Waals surface area contributed by atoms with Crippen molar-refractivity contribution >= 4 is 11.9 Å². The molecular formula is C17H24FN3O2. The molecule has 2 rings (SSSR count). The molecule has 1 saturated carbocycles. The summed E-state index contributed by atoms with van der Waals surface area (Å²) in [7, 11) is 0. The van der Waals surface area contributed by atoms with Gasteiger partial charge in [0, 0.05) is 12.1 Å². The molecule has 0 radical (unpaired) electrons. The van der Waals surface area contributed by atoms with Crippen molar-refractivity contribution in [2.45, 2.75) is 38.6 Å². The number of benzene rings is 1. The van der Waals surface area contributed by atoms with Crippen LogP contribution in [-0.4, -0.2) is 25.0 Å². The Morgan fingerprint density at radius 1 is 1.22 bits per heavy atom. The Bertz CT molecular complexity index is 544. The molecule has 5 nitrogen and oxygen atoms in total. The minimum Gasteiger partial charge on any atom is -0.355 e. The van der Waals surface area contributed by atoms with Crippen LogP contribution in [0.3, 0.4) is 0 Å². The van der Waals surface area contributed by atoms with Crippen molar-refractivity contribution < 1.29 is 14.0 Å². The molecule has 1 aromatic carbocycles. The van der Waals surface area contributed by atoms with Gasteiger partial charge in [0.05, 0.1) is 12.6 Å². The molecule has 0 aliphatic heterocycles. The van der Waals surface area contributed by atoms with Gasteiger partial charge in [-0.15, -0.1) is 0 Å². The lowest BCUT2D eigenvalue weighted by atomic mass is 9.91. The lowest BCUT2D eigenvalue weighted by Gasteiger charge is -2.25. The summed E-state index contributed by atoms with van der Waals surface area (Å²) in [5.74, 6) is -0.332. The van der Waals surface area contributed by atoms with Gasteiger partial charge in [0.25, 0.3) is 0 Å². The normalized spacial score (nSPS) is 15.9. The van der Waals surface area contributed by atoms with E-state index >= 15 is 0 Å². The van der Waals surface area contributed by atoms with Gasteiger partial charge in [-0.2, -0.15) is 0 Å². The van der Waals surface area contributed by atoms with Crippen molar-refractivity contribution in [3.63, 3.8) is 0 Å². The Morgan fingerprint density at radius 3 is 2.57 bits per heavy atom. The van der Waals surface area contributed by atoms with Crippen molar-refractivity contribution in [2.24, 2.45) is 5.92 Å². The lowest BCUT2D eigenvalue weighted by Crippen LogP contribution is -2.44. The highest BCUT2D eigenvalue weighted by atomic mass is 19.1. The minimum atomic E-state index is -0.448. The van der Waals surface area contributed by atoms with Gasteiger partial charge in [0.15, 0.2) is 0 Å². The van der Waals surface area contributed by atoms with E-state index in [0.717, 1.165) is 25.7 Å². The molecule has 1 aliphatic carbocycles. The maximum atomic E-state index is 14.1. The van der Waals surface area contributed by atoms with Crippen LogP contribution in [-0.2, 0) is 4.79 Å². The first kappa shape index (κ1) is 17.2. The molecule has 3 amide bonds. The number of hydrogen-bond donors (Lipinski definition) is 3. The number of amides is 3. The number of carbonyl (C=O) groups is 2. The fraction of sp³-hybridized carbons (Fsp3) is 0.529. The third-order valence-corrected chi connectivity index (χ3v) is 4.18. The quantitative estimate of drug-likeness (QED) is 0.753. The third-order valence-electron chi connectivity index (χ3n) is 4.18. The second-order valence-corrected chi connectivity index (χ2v) is 5.82. The Balaban J connectivity index is 2.02. The van der Waals surface area contributed by atoms with Crippen molar-refractivity contribution in [1.82, 2.24) is 16.0 Å². The zero-order chi connectivity index (χ0) is 16.7. The van der Waals surface area contributed by atoms with Crippen molar-refractivity contribution in [3.8, 4) is 0 Å². The summed E-state index contributed by atoms with van der Waals surface area (Å²) in [5.41, 5.74) is 0.507. The molecule has 1 aliphatic rings. The summed E-state index contributed by atoms with van der Waals surface area (Å²) < 4.78 is 14.1. The van der Waals surface area contributed by atoms with Crippen LogP contribution in [0.25, 0.3) is 0 Å². The summed E-state index contributed by atoms with van der Waals surface area (Å²) in [5, 5.41) is 7.98. The fourth-order valence-electron chi connectivity index (χ4n) is 3.08. The number of hydrogen-bond acceptors (Lipinski definition) is 2. The minimum absolute atomic E-state index is 0.0890. The topological polar surface area (TPSA) is 70.2 Å². The van der Waals surface area contributed by atoms with Crippen LogP contribution >= 0.6 is 0 Å². The summed E-state index contributed by atoms with van der Waals surface area (Å²) >= 11 is 0. The Kier molecular flexibility index (Phi) is 6.38. The van der Waals surface area contributed by atoms with Crippen LogP contribution in [0.2, 0.25) is 0 Å². The number of rotatable bonds is 6. The van der Waals surface area contributed by atoms with Gasteiger partial charge in [-0.05, 0) is 31.7 Å². The SMILES string of the molecule is CCNC(=O)CNC(=O)N[C@@H](c1ccccc1F)C1CCCC1. The van der Waals surface area contributed by atoms with Crippen molar-refractivity contribution in [1.29, 1.82) is 0 Å². The van der Waals surface area contributed by atoms with E-state index in [1.54, 1.807) is 18.2 Å². The molecule has 1 aromatic rings. The Hall–Kier alpha value is -2.11. The van der Waals surface area contributed by atoms with E-state index in [-0.39, 0.29) is 30.2 Å². The zero-order valence-corrected chi connectivity index (χ0v) is 13.4. The molecule has 0 aromatic heterocycles. The predicted octanol–water partition coefficient (Wildman–Crippen LogP) is 2.49. The average Bonchev–Trinajstić information content (AvgIpc) is 3.06. The fourth-order valence-corrected chi connectivity index (χ4v) is 3.08. The van der Waals surface area contributed by atoms with Gasteiger partial charge in [-0.1, -0.05) is 31.0 Å². The Labute approximate surface area is 136 Å². The number of urea groups is 1. The van der Waals surface area contributed by atoms with E-state index < -0.39 is 6.03 Å². The van der Waals surface area contributed by atoms with Crippen LogP contribution < -0.4 is 16.0 Å². The Morgan fingerprint density at radius 2 is 1.91 bits per heavy atom. The predicted molar refractivity (Wildman–Crippen MR) is 86.3 cm³/mol. The first-order valence-corrected chi connectivity index (χ1v) is 8.17. The van der Waals surface area contributed by atoms with Gasteiger partial charge in [0.1, 0.15) is 5.82 Å². The third kappa shape index (κ3) is 4.94. The van der Waals surface area contributed by atoms with E-state index in [0.29, 0.717) is 12.1 Å². The highest BCUT2D eigenvalue weighted by molar-refractivity contribution is 5.84. The van der Waals surface area contributed by atoms with Crippen LogP contribution in [0.1, 0.15) is 44.2 Å². The molecule has 0 heterocycles. The highest BCUT2D eigenvalue weighted by Crippen LogP contribution is 2.36. The summed E-state index contributed by atoms with van der Waals surface area (Å²) in [6, 6.07) is 5.71. The molecule has 126 valence electrons. The number of halogens is 1. The first-order valence-electron chi connectivity index (χ1n) is 8.17. The molecule has 0 saturated heterocycles. The van der Waals surface area contributed by atoms with Crippen LogP contribution in [0.15, 0.2) is 24.3 Å². The van der Waals surface area contributed by atoms with E-state index in [4.69, 9.17) is 0 Å². The molecule has 1 fully saturated rings. The zero-order valence-electron chi connectivity index (χ0n) is 13.4. The van der Waals surface area contributed by atoms with Crippen molar-refractivity contribution in [2.75, 3.05) is 13.1 Å². The molecule has 0 spiro atoms. The molecule has 3 N–H and O–H groups in total. The van der Waals surface area contributed by atoms with Gasteiger partial charge < -0.3 is 16.0 Å². The van der Waals surface area contributed by atoms with E-state index in [1.807, 2.05) is 6.92 Å². The number of likely N-dealkylation sites (N-methyl/N-ethyl adjacent to an activating group) is 1. The molecule has 0 unspecified atom stereocenters. The van der Waals surface area contributed by atoms with E-state index in [9.17, 15) is 14.0 Å². The molecule has 6 heteroatoms. The average molecular weight is 321 g/mol. The van der Waals surface area contributed by atoms with E-state index in [2.05, 4.69) is 16.0 Å². The monoisotopic (exact) mass is 321 g/mol. The van der Waals surface area contributed by atoms with E-state index in [1.165, 1.54) is 6.07 Å². The summed E-state index contributed by atoms with van der Waals surface area (Å²) in [6.45, 7) is 2.24. The van der Waals surface area contributed by atoms with Crippen LogP contribution in [0.5, 0.6) is 0 Å². The second kappa shape index (κ2) is 8.50. The summed E-state index contributed by atoms with van der Waals surface area (Å²) in [6.07, 6.45) is 4.13. The number of nitrogens with one attached hydrogen (secondary N) is 3. The molecular weight excluding hydrogens is 297 g/mol. The maximum Gasteiger partial charge on any atom is 0.315 e. The van der Waals surface area contributed by atoms with Crippen molar-refractivity contribution in [3.05, 3.63) is 35.6 Å². The maximum absolute atomic E-state index is 14.1. The molecule has 0 bridgehead atoms. The molecule has 23 heavy (non-hydrogen) atoms. The van der Waals surface area contributed by atoms with Crippen LogP contribution in [0.4, 0.5) is 9.18 Å².